The van der Waals surface area contributed by atoms with Gasteiger partial charge in [0.25, 0.3) is 0 Å². The SMILES string of the molecule is Cc1c(C(C)(C)C)n[nH]c1NC(=O)Nc1ccc(Sc2ccncc2)cc1. The Labute approximate surface area is 163 Å². The molecule has 0 spiro atoms. The molecule has 140 valence electrons. The van der Waals surface area contributed by atoms with Gasteiger partial charge < -0.3 is 5.32 Å². The Balaban J connectivity index is 1.61. The van der Waals surface area contributed by atoms with Crippen molar-refractivity contribution < 1.29 is 4.79 Å². The second-order valence-electron chi connectivity index (χ2n) is 7.21. The highest BCUT2D eigenvalue weighted by atomic mass is 32.2. The summed E-state index contributed by atoms with van der Waals surface area (Å²) in [4.78, 5) is 18.5. The average Bonchev–Trinajstić information content (AvgIpc) is 2.98. The quantitative estimate of drug-likeness (QED) is 0.580. The largest absolute Gasteiger partial charge is 0.324 e. The maximum Gasteiger partial charge on any atom is 0.324 e. The van der Waals surface area contributed by atoms with E-state index in [1.807, 2.05) is 43.3 Å². The monoisotopic (exact) mass is 381 g/mol. The number of aromatic amines is 1. The van der Waals surface area contributed by atoms with Crippen LogP contribution in [-0.2, 0) is 5.41 Å². The zero-order valence-electron chi connectivity index (χ0n) is 15.8. The molecule has 0 aliphatic heterocycles. The summed E-state index contributed by atoms with van der Waals surface area (Å²) in [6.07, 6.45) is 3.54. The van der Waals surface area contributed by atoms with Crippen LogP contribution < -0.4 is 10.6 Å². The van der Waals surface area contributed by atoms with Crippen LogP contribution in [0.3, 0.4) is 0 Å². The number of pyridine rings is 1. The molecule has 2 amide bonds. The van der Waals surface area contributed by atoms with Crippen LogP contribution in [-0.4, -0.2) is 21.2 Å². The number of urea groups is 1. The topological polar surface area (TPSA) is 82.7 Å². The van der Waals surface area contributed by atoms with Gasteiger partial charge >= 0.3 is 6.03 Å². The summed E-state index contributed by atoms with van der Waals surface area (Å²) in [5.41, 5.74) is 2.52. The minimum absolute atomic E-state index is 0.0840. The van der Waals surface area contributed by atoms with Gasteiger partial charge in [-0.1, -0.05) is 32.5 Å². The molecule has 27 heavy (non-hydrogen) atoms. The molecule has 0 unspecified atom stereocenters. The molecule has 0 atom stereocenters. The maximum absolute atomic E-state index is 12.3. The van der Waals surface area contributed by atoms with E-state index in [2.05, 4.69) is 46.6 Å². The predicted octanol–water partition coefficient (Wildman–Crippen LogP) is 5.21. The van der Waals surface area contributed by atoms with Crippen molar-refractivity contribution in [3.63, 3.8) is 0 Å². The number of anilines is 2. The zero-order valence-corrected chi connectivity index (χ0v) is 16.6. The van der Waals surface area contributed by atoms with Crippen LogP contribution in [0.25, 0.3) is 0 Å². The lowest BCUT2D eigenvalue weighted by atomic mass is 9.90. The number of hydrogen-bond acceptors (Lipinski definition) is 4. The fourth-order valence-electron chi connectivity index (χ4n) is 2.67. The van der Waals surface area contributed by atoms with E-state index in [4.69, 9.17) is 0 Å². The number of H-pyrrole nitrogens is 1. The summed E-state index contributed by atoms with van der Waals surface area (Å²) in [7, 11) is 0. The second-order valence-corrected chi connectivity index (χ2v) is 8.36. The van der Waals surface area contributed by atoms with Gasteiger partial charge in [0, 0.05) is 38.9 Å². The molecule has 7 heteroatoms. The standard InChI is InChI=1S/C20H23N5OS/c1-13-17(20(2,3)4)24-25-18(13)23-19(26)22-14-5-7-15(8-6-14)27-16-9-11-21-12-10-16/h5-12H,1-4H3,(H3,22,23,24,25,26). The van der Waals surface area contributed by atoms with Crippen LogP contribution in [0.2, 0.25) is 0 Å². The van der Waals surface area contributed by atoms with Gasteiger partial charge in [-0.05, 0) is 43.3 Å². The van der Waals surface area contributed by atoms with E-state index in [0.717, 1.165) is 26.7 Å². The molecular weight excluding hydrogens is 358 g/mol. The number of benzene rings is 1. The third-order valence-electron chi connectivity index (χ3n) is 3.96. The summed E-state index contributed by atoms with van der Waals surface area (Å²) in [6, 6.07) is 11.3. The lowest BCUT2D eigenvalue weighted by molar-refractivity contribution is 0.262. The van der Waals surface area contributed by atoms with Crippen molar-refractivity contribution in [3.8, 4) is 0 Å². The van der Waals surface area contributed by atoms with Gasteiger partial charge in [-0.2, -0.15) is 5.10 Å². The third kappa shape index (κ3) is 4.89. The summed E-state index contributed by atoms with van der Waals surface area (Å²) >= 11 is 1.64. The van der Waals surface area contributed by atoms with E-state index in [1.165, 1.54) is 0 Å². The third-order valence-corrected chi connectivity index (χ3v) is 4.97. The minimum Gasteiger partial charge on any atom is -0.308 e. The van der Waals surface area contributed by atoms with Crippen molar-refractivity contribution in [2.45, 2.75) is 42.9 Å². The first-order valence-corrected chi connectivity index (χ1v) is 9.46. The van der Waals surface area contributed by atoms with E-state index in [1.54, 1.807) is 24.2 Å². The number of nitrogens with zero attached hydrogens (tertiary/aromatic N) is 2. The Kier molecular flexibility index (Phi) is 5.51. The van der Waals surface area contributed by atoms with Crippen molar-refractivity contribution in [1.29, 1.82) is 0 Å². The molecule has 1 aromatic carbocycles. The molecule has 0 radical (unpaired) electrons. The van der Waals surface area contributed by atoms with Crippen molar-refractivity contribution in [3.05, 3.63) is 60.0 Å². The van der Waals surface area contributed by atoms with Crippen LogP contribution in [0.5, 0.6) is 0 Å². The second kappa shape index (κ2) is 7.84. The molecule has 2 heterocycles. The Morgan fingerprint density at radius 2 is 1.63 bits per heavy atom. The van der Waals surface area contributed by atoms with Crippen LogP contribution >= 0.6 is 11.8 Å². The zero-order chi connectivity index (χ0) is 19.4. The van der Waals surface area contributed by atoms with E-state index in [0.29, 0.717) is 5.82 Å². The number of carbonyl (C=O) groups is 1. The number of carbonyl (C=O) groups excluding carboxylic acids is 1. The minimum atomic E-state index is -0.309. The highest BCUT2D eigenvalue weighted by molar-refractivity contribution is 7.99. The molecule has 0 aliphatic rings. The van der Waals surface area contributed by atoms with Crippen molar-refractivity contribution in [1.82, 2.24) is 15.2 Å². The van der Waals surface area contributed by atoms with Gasteiger partial charge in [0.2, 0.25) is 0 Å². The van der Waals surface area contributed by atoms with E-state index in [9.17, 15) is 4.79 Å². The highest BCUT2D eigenvalue weighted by Crippen LogP contribution is 2.29. The summed E-state index contributed by atoms with van der Waals surface area (Å²) < 4.78 is 0. The van der Waals surface area contributed by atoms with Crippen LogP contribution in [0.4, 0.5) is 16.3 Å². The molecule has 0 bridgehead atoms. The van der Waals surface area contributed by atoms with E-state index < -0.39 is 0 Å². The molecule has 6 nitrogen and oxygen atoms in total. The van der Waals surface area contributed by atoms with Gasteiger partial charge in [0.15, 0.2) is 0 Å². The molecule has 0 fully saturated rings. The summed E-state index contributed by atoms with van der Waals surface area (Å²) in [6.45, 7) is 8.22. The van der Waals surface area contributed by atoms with Gasteiger partial charge in [-0.25, -0.2) is 4.79 Å². The Morgan fingerprint density at radius 1 is 1.00 bits per heavy atom. The first-order chi connectivity index (χ1) is 12.8. The van der Waals surface area contributed by atoms with Crippen LogP contribution in [0.15, 0.2) is 58.6 Å². The van der Waals surface area contributed by atoms with Gasteiger partial charge in [0.05, 0.1) is 5.69 Å². The van der Waals surface area contributed by atoms with Crippen molar-refractivity contribution >= 4 is 29.3 Å². The molecule has 0 saturated heterocycles. The molecule has 2 aromatic heterocycles. The first kappa shape index (κ1) is 19.0. The summed E-state index contributed by atoms with van der Waals surface area (Å²) in [5, 5.41) is 12.9. The Morgan fingerprint density at radius 3 is 2.22 bits per heavy atom. The Bertz CT molecular complexity index is 914. The smallest absolute Gasteiger partial charge is 0.308 e. The maximum atomic E-state index is 12.3. The highest BCUT2D eigenvalue weighted by Gasteiger charge is 2.22. The van der Waals surface area contributed by atoms with Gasteiger partial charge in [-0.15, -0.1) is 0 Å². The van der Waals surface area contributed by atoms with Gasteiger partial charge in [-0.3, -0.25) is 15.4 Å². The van der Waals surface area contributed by atoms with Crippen molar-refractivity contribution in [2.24, 2.45) is 0 Å². The fraction of sp³-hybridized carbons (Fsp3) is 0.250. The van der Waals surface area contributed by atoms with E-state index in [-0.39, 0.29) is 11.4 Å². The van der Waals surface area contributed by atoms with Crippen LogP contribution in [0.1, 0.15) is 32.0 Å². The molecule has 3 rings (SSSR count). The number of hydrogen-bond donors (Lipinski definition) is 3. The van der Waals surface area contributed by atoms with E-state index >= 15 is 0 Å². The number of nitrogens with one attached hydrogen (secondary N) is 3. The Hall–Kier alpha value is -2.80. The molecule has 0 aliphatic carbocycles. The molecule has 0 saturated carbocycles. The number of aromatic nitrogens is 3. The normalized spacial score (nSPS) is 11.3. The van der Waals surface area contributed by atoms with Crippen LogP contribution in [0, 0.1) is 6.92 Å². The van der Waals surface area contributed by atoms with Gasteiger partial charge in [0.1, 0.15) is 5.82 Å². The number of amides is 2. The molecule has 3 aromatic rings. The molecular formula is C20H23N5OS. The summed E-state index contributed by atoms with van der Waals surface area (Å²) in [5.74, 6) is 0.613. The fourth-order valence-corrected chi connectivity index (χ4v) is 3.48. The first-order valence-electron chi connectivity index (χ1n) is 8.64. The average molecular weight is 382 g/mol. The number of rotatable bonds is 4. The lowest BCUT2D eigenvalue weighted by Crippen LogP contribution is -2.20. The molecule has 3 N–H and O–H groups in total. The predicted molar refractivity (Wildman–Crippen MR) is 109 cm³/mol. The lowest BCUT2D eigenvalue weighted by Gasteiger charge is -2.16. The van der Waals surface area contributed by atoms with Crippen molar-refractivity contribution in [2.75, 3.05) is 10.6 Å².